The van der Waals surface area contributed by atoms with Crippen LogP contribution in [0.5, 0.6) is 23.0 Å². The predicted molar refractivity (Wildman–Crippen MR) is 168 cm³/mol. The van der Waals surface area contributed by atoms with E-state index in [0.29, 0.717) is 38.0 Å². The van der Waals surface area contributed by atoms with Gasteiger partial charge in [0.2, 0.25) is 0 Å². The lowest BCUT2D eigenvalue weighted by atomic mass is 9.82. The van der Waals surface area contributed by atoms with Gasteiger partial charge < -0.3 is 34.9 Å². The van der Waals surface area contributed by atoms with Crippen molar-refractivity contribution in [3.63, 3.8) is 0 Å². The van der Waals surface area contributed by atoms with Crippen molar-refractivity contribution in [2.45, 2.75) is 51.2 Å². The van der Waals surface area contributed by atoms with Crippen molar-refractivity contribution in [1.29, 1.82) is 0 Å². The Morgan fingerprint density at radius 3 is 2.34 bits per heavy atom. The Hall–Kier alpha value is -4.25. The zero-order chi connectivity index (χ0) is 31.5. The average molecular weight is 605 g/mol. The van der Waals surface area contributed by atoms with E-state index in [0.717, 1.165) is 22.3 Å². The van der Waals surface area contributed by atoms with E-state index >= 15 is 0 Å². The van der Waals surface area contributed by atoms with Crippen molar-refractivity contribution in [2.75, 3.05) is 20.4 Å². The van der Waals surface area contributed by atoms with Gasteiger partial charge in [0.25, 0.3) is 0 Å². The number of phenolic OH excluding ortho intramolecular Hbond substituents is 2. The average Bonchev–Trinajstić information content (AvgIpc) is 3.71. The highest BCUT2D eigenvalue weighted by atomic mass is 16.5. The van der Waals surface area contributed by atoms with Gasteiger partial charge in [-0.25, -0.2) is 0 Å². The van der Waals surface area contributed by atoms with Crippen LogP contribution in [0.3, 0.4) is 0 Å². The minimum Gasteiger partial charge on any atom is -0.504 e. The molecule has 0 aliphatic carbocycles. The van der Waals surface area contributed by atoms with Gasteiger partial charge in [0.05, 0.1) is 25.4 Å². The number of aliphatic hydroxyl groups excluding tert-OH is 2. The third-order valence-corrected chi connectivity index (χ3v) is 7.69. The fourth-order valence-electron chi connectivity index (χ4n) is 5.33. The standard InChI is InChI=1S/C34H41N3O7/c1-22(38)18-37-21-44-34-16-24(4-6-30(34)40)12-28(14-26-8-10-36-20-26)32(42)17-31(41)27(13-25-7-9-35-19-25)11-23-3-5-29(39)33(15-23)43-2/h3-10,15-16,19-20,22,27-28,31,35,37-38,41H,11-14,17-18,21H2,1-2H3,(H-,39,40)/p+1/t22-,27+,28-,31+/m0/s1. The summed E-state index contributed by atoms with van der Waals surface area (Å²) in [5.41, 5.74) is 3.63. The van der Waals surface area contributed by atoms with Crippen molar-refractivity contribution in [3.05, 3.63) is 89.7 Å². The number of aromatic amines is 1. The lowest BCUT2D eigenvalue weighted by molar-refractivity contribution is -0.125. The molecule has 10 nitrogen and oxygen atoms in total. The van der Waals surface area contributed by atoms with E-state index in [1.54, 1.807) is 56.1 Å². The van der Waals surface area contributed by atoms with Gasteiger partial charge in [-0.2, -0.15) is 0 Å². The molecule has 0 amide bonds. The number of carbonyl (C=O) groups excluding carboxylic acids is 1. The summed E-state index contributed by atoms with van der Waals surface area (Å²) in [6.07, 6.45) is 7.72. The number of aliphatic hydroxyl groups is 2. The topological polar surface area (TPSA) is 157 Å². The van der Waals surface area contributed by atoms with Gasteiger partial charge in [0.1, 0.15) is 24.6 Å². The lowest BCUT2D eigenvalue weighted by Gasteiger charge is -2.24. The Kier molecular flexibility index (Phi) is 11.9. The maximum Gasteiger partial charge on any atom is 0.176 e. The molecule has 0 radical (unpaired) electrons. The molecule has 1 aliphatic rings. The first kappa shape index (κ1) is 32.7. The number of aromatic hydroxyl groups is 2. The first-order valence-corrected chi connectivity index (χ1v) is 14.8. The highest BCUT2D eigenvalue weighted by Gasteiger charge is 2.30. The second-order valence-electron chi connectivity index (χ2n) is 11.3. The number of nitrogens with zero attached hydrogens (tertiary/aromatic N) is 1. The first-order valence-electron chi connectivity index (χ1n) is 14.8. The number of carbonyl (C=O) groups is 1. The number of aromatic nitrogens is 1. The number of H-pyrrole nitrogens is 1. The van der Waals surface area contributed by atoms with E-state index in [1.807, 2.05) is 24.5 Å². The number of Topliss-reactive ketones (excluding diaryl/α,β-unsaturated/α-hetero) is 1. The molecule has 0 fully saturated rings. The fraction of sp³-hybridized carbons (Fsp3) is 0.382. The van der Waals surface area contributed by atoms with Gasteiger partial charge in [0, 0.05) is 37.7 Å². The molecule has 44 heavy (non-hydrogen) atoms. The fourth-order valence-corrected chi connectivity index (χ4v) is 5.33. The Bertz CT molecular complexity index is 1420. The number of rotatable bonds is 18. The summed E-state index contributed by atoms with van der Waals surface area (Å²) >= 11 is 0. The quantitative estimate of drug-likeness (QED) is 0.0726. The molecule has 0 saturated carbocycles. The minimum atomic E-state index is -0.920. The zero-order valence-electron chi connectivity index (χ0n) is 25.1. The van der Waals surface area contributed by atoms with Crippen molar-refractivity contribution in [3.8, 4) is 23.0 Å². The van der Waals surface area contributed by atoms with Crippen LogP contribution in [0.2, 0.25) is 0 Å². The number of allylic oxidation sites excluding steroid dienone is 1. The van der Waals surface area contributed by atoms with Crippen LogP contribution in [0, 0.1) is 18.4 Å². The summed E-state index contributed by atoms with van der Waals surface area (Å²) in [5, 5.41) is 44.2. The number of benzene rings is 2. The minimum absolute atomic E-state index is 0.0235. The second kappa shape index (κ2) is 16.0. The number of hydrogen-bond donors (Lipinski definition) is 6. The van der Waals surface area contributed by atoms with Gasteiger partial charge in [0.15, 0.2) is 29.2 Å². The largest absolute Gasteiger partial charge is 0.504 e. The van der Waals surface area contributed by atoms with E-state index < -0.39 is 18.1 Å². The van der Waals surface area contributed by atoms with Crippen LogP contribution in [-0.2, 0) is 24.1 Å². The summed E-state index contributed by atoms with van der Waals surface area (Å²) in [6.45, 7) is 3.80. The number of phenols is 2. The number of nitrogens with one attached hydrogen (secondary N) is 2. The molecule has 6 N–H and O–H groups in total. The van der Waals surface area contributed by atoms with Crippen LogP contribution in [-0.4, -0.2) is 70.0 Å². The van der Waals surface area contributed by atoms with E-state index in [9.17, 15) is 25.2 Å². The van der Waals surface area contributed by atoms with Crippen LogP contribution >= 0.6 is 0 Å². The predicted octanol–water partition coefficient (Wildman–Crippen LogP) is 3.88. The second-order valence-corrected chi connectivity index (χ2v) is 11.3. The monoisotopic (exact) mass is 604 g/mol. The smallest absolute Gasteiger partial charge is 0.176 e. The summed E-state index contributed by atoms with van der Waals surface area (Å²) in [7, 11) is 1.49. The molecular weight excluding hydrogens is 562 g/mol. The molecule has 2 heterocycles. The third kappa shape index (κ3) is 9.63. The van der Waals surface area contributed by atoms with Crippen molar-refractivity contribution in [2.24, 2.45) is 16.8 Å². The zero-order valence-corrected chi connectivity index (χ0v) is 25.1. The van der Waals surface area contributed by atoms with Crippen LogP contribution in [0.15, 0.2) is 71.5 Å². The van der Waals surface area contributed by atoms with Gasteiger partial charge in [-0.3, -0.25) is 10.1 Å². The molecule has 4 rings (SSSR count). The molecule has 1 aliphatic heterocycles. The highest BCUT2D eigenvalue weighted by molar-refractivity contribution is 5.86. The summed E-state index contributed by atoms with van der Waals surface area (Å²) in [4.78, 5) is 21.1. The highest BCUT2D eigenvalue weighted by Crippen LogP contribution is 2.32. The Labute approximate surface area is 258 Å². The molecule has 0 bridgehead atoms. The van der Waals surface area contributed by atoms with E-state index in [4.69, 9.17) is 9.47 Å². The molecule has 4 atom stereocenters. The molecule has 0 saturated heterocycles. The summed E-state index contributed by atoms with van der Waals surface area (Å²) in [6, 6.07) is 12.1. The van der Waals surface area contributed by atoms with Gasteiger partial charge in [-0.15, -0.1) is 4.99 Å². The maximum atomic E-state index is 13.9. The van der Waals surface area contributed by atoms with Crippen LogP contribution in [0.1, 0.15) is 36.5 Å². The Balaban J connectivity index is 1.50. The maximum absolute atomic E-state index is 13.9. The third-order valence-electron chi connectivity index (χ3n) is 7.69. The summed E-state index contributed by atoms with van der Waals surface area (Å²) < 4.78 is 10.9. The normalized spacial score (nSPS) is 15.2. The number of ether oxygens (including phenoxy) is 2. The van der Waals surface area contributed by atoms with Gasteiger partial charge in [-0.1, -0.05) is 12.1 Å². The number of aliphatic imine (C=N–C) groups is 1. The first-order chi connectivity index (χ1) is 21.2. The van der Waals surface area contributed by atoms with Crippen LogP contribution in [0.4, 0.5) is 0 Å². The number of hydrogen-bond acceptors (Lipinski definition) is 9. The van der Waals surface area contributed by atoms with Crippen LogP contribution in [0.25, 0.3) is 0 Å². The lowest BCUT2D eigenvalue weighted by Crippen LogP contribution is -2.30. The van der Waals surface area contributed by atoms with E-state index in [2.05, 4.69) is 15.3 Å². The molecule has 0 spiro atoms. The van der Waals surface area contributed by atoms with Crippen molar-refractivity contribution < 1.29 is 34.7 Å². The Morgan fingerprint density at radius 1 is 0.977 bits per heavy atom. The molecular formula is C34H42N3O7+. The molecule has 234 valence electrons. The molecule has 3 aromatic rings. The van der Waals surface area contributed by atoms with Crippen LogP contribution < -0.4 is 14.8 Å². The van der Waals surface area contributed by atoms with Gasteiger partial charge in [-0.05, 0) is 79.1 Å². The van der Waals surface area contributed by atoms with E-state index in [-0.39, 0.29) is 42.1 Å². The molecule has 0 unspecified atom stereocenters. The van der Waals surface area contributed by atoms with E-state index in [1.165, 1.54) is 7.11 Å². The number of ketones is 1. The molecule has 1 aromatic heterocycles. The summed E-state index contributed by atoms with van der Waals surface area (Å²) in [5.74, 6) is -0.141. The number of methoxy groups -OCH3 is 1. The molecule has 10 heteroatoms. The van der Waals surface area contributed by atoms with Crippen molar-refractivity contribution in [1.82, 2.24) is 10.3 Å². The van der Waals surface area contributed by atoms with Gasteiger partial charge >= 0.3 is 0 Å². The molecule has 2 aromatic carbocycles. The van der Waals surface area contributed by atoms with Crippen molar-refractivity contribution >= 4 is 12.0 Å². The Morgan fingerprint density at radius 2 is 1.68 bits per heavy atom. The SMILES string of the molecule is COc1cc(C[C@H](Cc2cc[nH]c2)[C@H](O)CC(=O)[C@H](CC2=C[CH+]N=C2)Cc2ccc(O)c(OCNC[C@H](C)O)c2)ccc1O.